The Labute approximate surface area is 186 Å². The minimum absolute atomic E-state index is 0.0695. The number of benzene rings is 1. The molecular weight excluding hydrogens is 460 g/mol. The minimum atomic E-state index is -4.52. The summed E-state index contributed by atoms with van der Waals surface area (Å²) in [6.45, 7) is 3.72. The van der Waals surface area contributed by atoms with Crippen molar-refractivity contribution in [1.82, 2.24) is 19.6 Å². The molecule has 1 aliphatic rings. The molecule has 0 aliphatic carbocycles. The van der Waals surface area contributed by atoms with Gasteiger partial charge in [-0.3, -0.25) is 4.90 Å². The molecule has 30 heavy (non-hydrogen) atoms. The summed E-state index contributed by atoms with van der Waals surface area (Å²) in [6.07, 6.45) is -2.53. The average Bonchev–Trinajstić information content (AvgIpc) is 2.84. The van der Waals surface area contributed by atoms with Crippen LogP contribution in [0.4, 0.5) is 13.2 Å². The van der Waals surface area contributed by atoms with Crippen LogP contribution in [0.2, 0.25) is 15.1 Å². The van der Waals surface area contributed by atoms with E-state index in [4.69, 9.17) is 34.8 Å². The van der Waals surface area contributed by atoms with Gasteiger partial charge in [-0.05, 0) is 43.8 Å². The molecule has 1 saturated heterocycles. The molecule has 0 atom stereocenters. The first kappa shape index (κ1) is 21.7. The van der Waals surface area contributed by atoms with Crippen molar-refractivity contribution in [1.29, 1.82) is 0 Å². The van der Waals surface area contributed by atoms with Crippen LogP contribution < -0.4 is 5.32 Å². The number of nitrogens with zero attached hydrogens (tertiary/aromatic N) is 3. The van der Waals surface area contributed by atoms with Crippen molar-refractivity contribution in [2.45, 2.75) is 19.1 Å². The molecule has 4 rings (SSSR count). The van der Waals surface area contributed by atoms with Gasteiger partial charge in [-0.1, -0.05) is 34.8 Å². The molecular formula is C20H18Cl3F3N4. The van der Waals surface area contributed by atoms with Gasteiger partial charge in [-0.15, -0.1) is 0 Å². The number of hydrogen-bond acceptors (Lipinski definition) is 3. The van der Waals surface area contributed by atoms with Crippen molar-refractivity contribution in [2.75, 3.05) is 26.2 Å². The molecule has 1 N–H and O–H groups in total. The number of nitrogens with one attached hydrogen (secondary N) is 1. The van der Waals surface area contributed by atoms with E-state index in [-0.39, 0.29) is 10.7 Å². The van der Waals surface area contributed by atoms with Crippen molar-refractivity contribution in [2.24, 2.45) is 0 Å². The van der Waals surface area contributed by atoms with E-state index >= 15 is 0 Å². The Hall–Kier alpha value is -1.51. The molecule has 160 valence electrons. The number of pyridine rings is 1. The third kappa shape index (κ3) is 4.41. The van der Waals surface area contributed by atoms with E-state index in [1.54, 1.807) is 18.2 Å². The summed E-state index contributed by atoms with van der Waals surface area (Å²) < 4.78 is 41.7. The molecule has 1 fully saturated rings. The van der Waals surface area contributed by atoms with E-state index in [9.17, 15) is 13.2 Å². The van der Waals surface area contributed by atoms with Gasteiger partial charge in [0.2, 0.25) is 0 Å². The van der Waals surface area contributed by atoms with E-state index in [2.05, 4.69) is 15.2 Å². The molecule has 3 heterocycles. The van der Waals surface area contributed by atoms with E-state index < -0.39 is 11.7 Å². The Balaban J connectivity index is 1.91. The highest BCUT2D eigenvalue weighted by molar-refractivity contribution is 6.36. The average molecular weight is 478 g/mol. The van der Waals surface area contributed by atoms with Crippen LogP contribution in [0.5, 0.6) is 0 Å². The first-order valence-corrected chi connectivity index (χ1v) is 10.5. The van der Waals surface area contributed by atoms with Gasteiger partial charge < -0.3 is 9.72 Å². The Morgan fingerprint density at radius 2 is 1.83 bits per heavy atom. The molecule has 0 radical (unpaired) electrons. The number of rotatable bonds is 3. The highest BCUT2D eigenvalue weighted by Crippen LogP contribution is 2.37. The zero-order chi connectivity index (χ0) is 21.5. The number of imidazole rings is 1. The maximum atomic E-state index is 13.4. The Bertz CT molecular complexity index is 1070. The summed E-state index contributed by atoms with van der Waals surface area (Å²) in [7, 11) is 0. The summed E-state index contributed by atoms with van der Waals surface area (Å²) in [5, 5.41) is 4.09. The number of alkyl halides is 3. The second-order valence-electron chi connectivity index (χ2n) is 7.18. The van der Waals surface area contributed by atoms with Gasteiger partial charge in [-0.2, -0.15) is 13.2 Å². The zero-order valence-corrected chi connectivity index (χ0v) is 18.0. The lowest BCUT2D eigenvalue weighted by atomic mass is 10.1. The molecule has 0 bridgehead atoms. The molecule has 0 amide bonds. The summed E-state index contributed by atoms with van der Waals surface area (Å²) in [6, 6.07) is 5.88. The van der Waals surface area contributed by atoms with Gasteiger partial charge in [0.25, 0.3) is 0 Å². The fourth-order valence-electron chi connectivity index (χ4n) is 3.63. The van der Waals surface area contributed by atoms with Gasteiger partial charge in [0.05, 0.1) is 27.0 Å². The SMILES string of the molecule is FC(F)(F)c1cc(Cl)c2nc(-c3ccc(Cl)cc3Cl)c(CN3CCCNCC3)n2c1. The van der Waals surface area contributed by atoms with E-state index in [1.165, 1.54) is 4.40 Å². The minimum Gasteiger partial charge on any atom is -0.315 e. The van der Waals surface area contributed by atoms with Crippen LogP contribution in [0.1, 0.15) is 17.7 Å². The first-order chi connectivity index (χ1) is 14.2. The molecule has 0 spiro atoms. The lowest BCUT2D eigenvalue weighted by Crippen LogP contribution is -2.28. The predicted octanol–water partition coefficient (Wildman–Crippen LogP) is 5.78. The second-order valence-corrected chi connectivity index (χ2v) is 8.43. The third-order valence-electron chi connectivity index (χ3n) is 5.09. The Morgan fingerprint density at radius 3 is 2.57 bits per heavy atom. The summed E-state index contributed by atoms with van der Waals surface area (Å²) in [5.74, 6) is 0. The molecule has 0 unspecified atom stereocenters. The number of aromatic nitrogens is 2. The number of hydrogen-bond donors (Lipinski definition) is 1. The van der Waals surface area contributed by atoms with Crippen LogP contribution in [0.15, 0.2) is 30.5 Å². The zero-order valence-electron chi connectivity index (χ0n) is 15.7. The predicted molar refractivity (Wildman–Crippen MR) is 113 cm³/mol. The molecule has 3 aromatic rings. The number of halogens is 6. The maximum Gasteiger partial charge on any atom is 0.417 e. The van der Waals surface area contributed by atoms with Crippen LogP contribution in [-0.2, 0) is 12.7 Å². The van der Waals surface area contributed by atoms with Crippen molar-refractivity contribution in [3.8, 4) is 11.3 Å². The second kappa shape index (κ2) is 8.55. The molecule has 1 aromatic carbocycles. The number of fused-ring (bicyclic) bond motifs is 1. The monoisotopic (exact) mass is 476 g/mol. The van der Waals surface area contributed by atoms with E-state index in [1.807, 2.05) is 0 Å². The smallest absolute Gasteiger partial charge is 0.315 e. The Morgan fingerprint density at radius 1 is 1.03 bits per heavy atom. The molecule has 0 saturated carbocycles. The van der Waals surface area contributed by atoms with Crippen molar-refractivity contribution in [3.63, 3.8) is 0 Å². The van der Waals surface area contributed by atoms with Gasteiger partial charge in [0.15, 0.2) is 5.65 Å². The summed E-state index contributed by atoms with van der Waals surface area (Å²) in [5.41, 5.74) is 1.12. The molecule has 4 nitrogen and oxygen atoms in total. The van der Waals surface area contributed by atoms with Crippen molar-refractivity contribution < 1.29 is 13.2 Å². The highest BCUT2D eigenvalue weighted by Gasteiger charge is 2.33. The van der Waals surface area contributed by atoms with E-state index in [0.717, 1.165) is 44.9 Å². The Kier molecular flexibility index (Phi) is 6.19. The maximum absolute atomic E-state index is 13.4. The molecule has 2 aromatic heterocycles. The molecule has 1 aliphatic heterocycles. The van der Waals surface area contributed by atoms with Gasteiger partial charge in [0, 0.05) is 36.4 Å². The standard InChI is InChI=1S/C20H18Cl3F3N4/c21-13-2-3-14(15(22)9-13)18-17(11-29-6-1-4-27-5-7-29)30-10-12(20(24,25)26)8-16(23)19(30)28-18/h2-3,8-10,27H,1,4-7,11H2. The van der Waals surface area contributed by atoms with Crippen LogP contribution >= 0.6 is 34.8 Å². The molecule has 10 heteroatoms. The fraction of sp³-hybridized carbons (Fsp3) is 0.350. The quantitative estimate of drug-likeness (QED) is 0.519. The van der Waals surface area contributed by atoms with Crippen LogP contribution in [0.3, 0.4) is 0 Å². The van der Waals surface area contributed by atoms with Gasteiger partial charge in [-0.25, -0.2) is 4.98 Å². The van der Waals surface area contributed by atoms with Crippen LogP contribution in [-0.4, -0.2) is 40.5 Å². The topological polar surface area (TPSA) is 32.6 Å². The van der Waals surface area contributed by atoms with Crippen molar-refractivity contribution >= 4 is 40.4 Å². The first-order valence-electron chi connectivity index (χ1n) is 9.40. The third-order valence-corrected chi connectivity index (χ3v) is 5.92. The fourth-order valence-corrected chi connectivity index (χ4v) is 4.37. The lowest BCUT2D eigenvalue weighted by molar-refractivity contribution is -0.137. The van der Waals surface area contributed by atoms with Crippen molar-refractivity contribution in [3.05, 3.63) is 56.8 Å². The van der Waals surface area contributed by atoms with E-state index in [0.29, 0.717) is 33.5 Å². The van der Waals surface area contributed by atoms with Gasteiger partial charge >= 0.3 is 6.18 Å². The normalized spacial score (nSPS) is 16.2. The summed E-state index contributed by atoms with van der Waals surface area (Å²) >= 11 is 18.6. The highest BCUT2D eigenvalue weighted by atomic mass is 35.5. The lowest BCUT2D eigenvalue weighted by Gasteiger charge is -2.20. The van der Waals surface area contributed by atoms with Crippen LogP contribution in [0, 0.1) is 0 Å². The van der Waals surface area contributed by atoms with Gasteiger partial charge in [0.1, 0.15) is 0 Å². The summed E-state index contributed by atoms with van der Waals surface area (Å²) in [4.78, 5) is 6.76. The van der Waals surface area contributed by atoms with Crippen LogP contribution in [0.25, 0.3) is 16.9 Å². The largest absolute Gasteiger partial charge is 0.417 e.